The van der Waals surface area contributed by atoms with Gasteiger partial charge in [-0.2, -0.15) is 0 Å². The molecule has 2 fully saturated rings. The maximum atomic E-state index is 12.6. The Morgan fingerprint density at radius 2 is 0.897 bits per heavy atom. The van der Waals surface area contributed by atoms with Gasteiger partial charge in [0.1, 0.15) is 0 Å². The summed E-state index contributed by atoms with van der Waals surface area (Å²) >= 11 is 12.6. The van der Waals surface area contributed by atoms with Crippen LogP contribution in [0.15, 0.2) is 85.2 Å². The van der Waals surface area contributed by atoms with Crippen molar-refractivity contribution in [3.63, 3.8) is 0 Å². The summed E-state index contributed by atoms with van der Waals surface area (Å²) in [5, 5.41) is 21.8. The Kier molecular flexibility index (Phi) is 16.1. The van der Waals surface area contributed by atoms with Gasteiger partial charge in [-0.1, -0.05) is 93.4 Å². The Morgan fingerprint density at radius 3 is 1.25 bits per heavy atom. The number of hydrogen-bond acceptors (Lipinski definition) is 8. The zero-order valence-corrected chi connectivity index (χ0v) is 43.5. The molecule has 0 radical (unpaired) electrons. The fraction of sp³-hybridized carbons (Fsp3) is 0.464. The molecule has 5 aromatic rings. The number of anilines is 2. The maximum Gasteiger partial charge on any atom is 0.337 e. The van der Waals surface area contributed by atoms with Crippen LogP contribution >= 0.6 is 23.2 Å². The maximum absolute atomic E-state index is 12.6. The van der Waals surface area contributed by atoms with Gasteiger partial charge in [0.2, 0.25) is 0 Å². The summed E-state index contributed by atoms with van der Waals surface area (Å²) in [7, 11) is 0. The molecule has 3 aromatic carbocycles. The van der Waals surface area contributed by atoms with Crippen molar-refractivity contribution in [2.45, 2.75) is 132 Å². The van der Waals surface area contributed by atoms with Gasteiger partial charge in [0.15, 0.2) is 12.2 Å². The first-order chi connectivity index (χ1) is 31.7. The number of carbonyl (C=O) groups is 2. The predicted molar refractivity (Wildman–Crippen MR) is 277 cm³/mol. The number of benzene rings is 3. The van der Waals surface area contributed by atoms with Crippen LogP contribution in [-0.4, -0.2) is 69.5 Å². The molecule has 10 nitrogen and oxygen atoms in total. The number of aromatic nitrogens is 2. The highest BCUT2D eigenvalue weighted by atomic mass is 35.5. The quantitative estimate of drug-likeness (QED) is 0.132. The summed E-state index contributed by atoms with van der Waals surface area (Å²) in [6, 6.07) is 23.7. The number of piperidine rings is 2. The zero-order valence-electron chi connectivity index (χ0n) is 42.0. The van der Waals surface area contributed by atoms with E-state index in [2.05, 4.69) is 60.7 Å². The number of rotatable bonds is 11. The molecule has 2 N–H and O–H groups in total. The van der Waals surface area contributed by atoms with E-state index in [-0.39, 0.29) is 10.8 Å². The Morgan fingerprint density at radius 1 is 0.574 bits per heavy atom. The van der Waals surface area contributed by atoms with Crippen LogP contribution in [0.1, 0.15) is 130 Å². The van der Waals surface area contributed by atoms with E-state index >= 15 is 0 Å². The second-order valence-corrected chi connectivity index (χ2v) is 22.7. The molecule has 0 aliphatic carbocycles. The minimum absolute atomic E-state index is 0.250. The summed E-state index contributed by atoms with van der Waals surface area (Å²) in [6.07, 6.45) is 5.56. The number of hydrogen-bond donors (Lipinski definition) is 2. The van der Waals surface area contributed by atoms with Crippen LogP contribution in [0.3, 0.4) is 0 Å². The average Bonchev–Trinajstić information content (AvgIpc) is 3.24. The van der Waals surface area contributed by atoms with Crippen molar-refractivity contribution in [1.29, 1.82) is 0 Å². The lowest BCUT2D eigenvalue weighted by molar-refractivity contribution is -0.161. The molecule has 2 atom stereocenters. The highest BCUT2D eigenvalue weighted by Gasteiger charge is 2.38. The Bertz CT molecular complexity index is 2600. The van der Waals surface area contributed by atoms with Gasteiger partial charge in [-0.05, 0) is 144 Å². The van der Waals surface area contributed by atoms with Gasteiger partial charge in [0.05, 0.1) is 22.6 Å². The standard InChI is InChI=1S/C31H37ClN2O3.C25H33ClN2O3/c1-20-26(28(29(35)36)37-30(2,3)4)27(34-15-13-31(5,6)14-16-34)25(19-33-20)23-11-7-9-21(17-23)22-10-8-12-24(32)18-22;1-16-20(22(23(29)30)31-24(2,3)4)21(28-12-10-25(5,6)11-13-28)19(15-27-16)17-8-7-9-18(26)14-17/h7-12,17-19,28H,13-16H2,1-6H3,(H,35,36);7-9,14-15,22H,10-13H2,1-6H3,(H,29,30)/t28-;22-/m00/s1. The SMILES string of the molecule is Cc1ncc(-c2cccc(-c3cccc(Cl)c3)c2)c(N2CCC(C)(C)CC2)c1[C@H](OC(C)(C)C)C(=O)O.Cc1ncc(-c2cccc(Cl)c2)c(N2CCC(C)(C)CC2)c1[C@H](OC(C)(C)C)C(=O)O. The fourth-order valence-corrected chi connectivity index (χ4v) is 9.36. The zero-order chi connectivity index (χ0) is 49.9. The summed E-state index contributed by atoms with van der Waals surface area (Å²) in [4.78, 5) is 38.9. The average molecular weight is 966 g/mol. The topological polar surface area (TPSA) is 125 Å². The predicted octanol–water partition coefficient (Wildman–Crippen LogP) is 14.2. The van der Waals surface area contributed by atoms with Crippen LogP contribution in [-0.2, 0) is 19.1 Å². The van der Waals surface area contributed by atoms with E-state index in [9.17, 15) is 19.8 Å². The molecule has 364 valence electrons. The van der Waals surface area contributed by atoms with E-state index in [1.165, 1.54) is 0 Å². The number of carboxylic acid groups (broad SMARTS) is 2. The third kappa shape index (κ3) is 13.2. The first-order valence-corrected chi connectivity index (χ1v) is 24.4. The number of carboxylic acids is 2. The monoisotopic (exact) mass is 964 g/mol. The number of aryl methyl sites for hydroxylation is 2. The second kappa shape index (κ2) is 20.9. The lowest BCUT2D eigenvalue weighted by Crippen LogP contribution is -2.39. The smallest absolute Gasteiger partial charge is 0.337 e. The first kappa shape index (κ1) is 52.4. The molecule has 0 spiro atoms. The van der Waals surface area contributed by atoms with E-state index in [1.807, 2.05) is 122 Å². The summed E-state index contributed by atoms with van der Waals surface area (Å²) in [5.74, 6) is -2.02. The third-order valence-corrected chi connectivity index (χ3v) is 13.3. The molecule has 0 bridgehead atoms. The van der Waals surface area contributed by atoms with Gasteiger partial charge in [-0.3, -0.25) is 9.97 Å². The van der Waals surface area contributed by atoms with Crippen LogP contribution in [0, 0.1) is 24.7 Å². The van der Waals surface area contributed by atoms with Crippen molar-refractivity contribution in [2.24, 2.45) is 10.8 Å². The molecule has 7 rings (SSSR count). The largest absolute Gasteiger partial charge is 0.479 e. The minimum Gasteiger partial charge on any atom is -0.479 e. The molecule has 0 saturated carbocycles. The molecule has 4 heterocycles. The van der Waals surface area contributed by atoms with Crippen LogP contribution in [0.4, 0.5) is 11.4 Å². The molecule has 68 heavy (non-hydrogen) atoms. The molecule has 2 aliphatic rings. The molecule has 0 amide bonds. The van der Waals surface area contributed by atoms with Gasteiger partial charge < -0.3 is 29.5 Å². The van der Waals surface area contributed by atoms with Crippen molar-refractivity contribution < 1.29 is 29.3 Å². The molecule has 2 aromatic heterocycles. The number of pyridine rings is 2. The Labute approximate surface area is 414 Å². The number of ether oxygens (including phenoxy) is 2. The molecular weight excluding hydrogens is 896 g/mol. The molecule has 2 saturated heterocycles. The molecular formula is C56H70Cl2N4O6. The fourth-order valence-electron chi connectivity index (χ4n) is 8.98. The number of nitrogens with zero attached hydrogens (tertiary/aromatic N) is 4. The van der Waals surface area contributed by atoms with Gasteiger partial charge in [0.25, 0.3) is 0 Å². The van der Waals surface area contributed by atoms with Gasteiger partial charge in [0, 0.05) is 82.3 Å². The van der Waals surface area contributed by atoms with E-state index in [4.69, 9.17) is 37.7 Å². The minimum atomic E-state index is -1.13. The van der Waals surface area contributed by atoms with E-state index in [1.54, 1.807) is 0 Å². The van der Waals surface area contributed by atoms with Crippen LogP contribution in [0.5, 0.6) is 0 Å². The first-order valence-electron chi connectivity index (χ1n) is 23.6. The van der Waals surface area contributed by atoms with Crippen molar-refractivity contribution in [2.75, 3.05) is 36.0 Å². The number of halogens is 2. The summed E-state index contributed by atoms with van der Waals surface area (Å²) < 4.78 is 12.2. The lowest BCUT2D eigenvalue weighted by atomic mass is 9.82. The Balaban J connectivity index is 0.000000228. The lowest BCUT2D eigenvalue weighted by Gasteiger charge is -2.41. The normalized spacial score (nSPS) is 16.9. The van der Waals surface area contributed by atoms with Gasteiger partial charge >= 0.3 is 11.9 Å². The van der Waals surface area contributed by atoms with E-state index in [0.717, 1.165) is 96.6 Å². The molecule has 2 aliphatic heterocycles. The third-order valence-electron chi connectivity index (χ3n) is 12.8. The van der Waals surface area contributed by atoms with E-state index in [0.29, 0.717) is 32.6 Å². The highest BCUT2D eigenvalue weighted by Crippen LogP contribution is 2.46. The van der Waals surface area contributed by atoms with Crippen LogP contribution < -0.4 is 9.80 Å². The summed E-state index contributed by atoms with van der Waals surface area (Å²) in [6.45, 7) is 27.5. The second-order valence-electron chi connectivity index (χ2n) is 21.8. The van der Waals surface area contributed by atoms with Crippen molar-refractivity contribution in [3.05, 3.63) is 118 Å². The molecule has 12 heteroatoms. The highest BCUT2D eigenvalue weighted by molar-refractivity contribution is 6.31. The molecule has 0 unspecified atom stereocenters. The summed E-state index contributed by atoms with van der Waals surface area (Å²) in [5.41, 5.74) is 9.39. The van der Waals surface area contributed by atoms with Crippen LogP contribution in [0.25, 0.3) is 33.4 Å². The number of aliphatic carboxylic acids is 2. The van der Waals surface area contributed by atoms with Crippen molar-refractivity contribution >= 4 is 46.5 Å². The van der Waals surface area contributed by atoms with Crippen molar-refractivity contribution in [1.82, 2.24) is 9.97 Å². The van der Waals surface area contributed by atoms with Gasteiger partial charge in [-0.25, -0.2) is 9.59 Å². The van der Waals surface area contributed by atoms with Gasteiger partial charge in [-0.15, -0.1) is 0 Å². The van der Waals surface area contributed by atoms with Crippen molar-refractivity contribution in [3.8, 4) is 33.4 Å². The van der Waals surface area contributed by atoms with E-state index < -0.39 is 35.3 Å². The Hall–Kier alpha value is -5.00. The van der Waals surface area contributed by atoms with Crippen LogP contribution in [0.2, 0.25) is 10.0 Å².